The first-order chi connectivity index (χ1) is 10.4. The Morgan fingerprint density at radius 3 is 1.95 bits per heavy atom. The average Bonchev–Trinajstić information content (AvgIpc) is 2.44. The van der Waals surface area contributed by atoms with E-state index in [-0.39, 0.29) is 6.04 Å². The van der Waals surface area contributed by atoms with Crippen LogP contribution in [0.1, 0.15) is 49.4 Å². The van der Waals surface area contributed by atoms with Gasteiger partial charge in [0.05, 0.1) is 0 Å². The fourth-order valence-corrected chi connectivity index (χ4v) is 3.50. The molecule has 0 aromatic heterocycles. The van der Waals surface area contributed by atoms with Crippen LogP contribution in [0, 0.1) is 0 Å². The molecule has 0 aliphatic rings. The highest BCUT2D eigenvalue weighted by atomic mass is 35.5. The van der Waals surface area contributed by atoms with E-state index in [1.54, 1.807) is 12.1 Å². The van der Waals surface area contributed by atoms with E-state index in [1.807, 2.05) is 6.92 Å². The zero-order valence-corrected chi connectivity index (χ0v) is 15.2. The molecule has 0 amide bonds. The van der Waals surface area contributed by atoms with Crippen LogP contribution in [-0.4, -0.2) is 0 Å². The number of nitrogens with one attached hydrogen (secondary N) is 1. The van der Waals surface area contributed by atoms with Crippen LogP contribution < -0.4 is 5.32 Å². The Kier molecular flexibility index (Phi) is 6.17. The summed E-state index contributed by atoms with van der Waals surface area (Å²) in [7, 11) is 0. The van der Waals surface area contributed by atoms with Crippen molar-refractivity contribution in [3.63, 3.8) is 0 Å². The lowest BCUT2D eigenvalue weighted by atomic mass is 10.0. The van der Waals surface area contributed by atoms with Gasteiger partial charge in [-0.3, -0.25) is 0 Å². The van der Waals surface area contributed by atoms with Crippen LogP contribution in [0.2, 0.25) is 15.1 Å². The minimum atomic E-state index is 0.0436. The van der Waals surface area contributed by atoms with Crippen molar-refractivity contribution in [2.24, 2.45) is 0 Å². The van der Waals surface area contributed by atoms with Crippen LogP contribution in [0.15, 0.2) is 36.4 Å². The number of hydrogen-bond donors (Lipinski definition) is 1. The summed E-state index contributed by atoms with van der Waals surface area (Å²) < 4.78 is 0. The molecule has 4 heteroatoms. The van der Waals surface area contributed by atoms with Crippen LogP contribution in [0.25, 0.3) is 0 Å². The Balaban J connectivity index is 2.05. The van der Waals surface area contributed by atoms with Crippen molar-refractivity contribution in [2.75, 3.05) is 0 Å². The van der Waals surface area contributed by atoms with Crippen LogP contribution in [0.3, 0.4) is 0 Å². The molecule has 0 aliphatic carbocycles. The van der Waals surface area contributed by atoms with E-state index in [1.165, 1.54) is 11.1 Å². The van der Waals surface area contributed by atoms with Crippen molar-refractivity contribution in [3.05, 3.63) is 68.2 Å². The van der Waals surface area contributed by atoms with E-state index in [2.05, 4.69) is 43.4 Å². The maximum Gasteiger partial charge on any atom is 0.0483 e. The van der Waals surface area contributed by atoms with E-state index >= 15 is 0 Å². The largest absolute Gasteiger partial charge is 0.306 e. The zero-order valence-electron chi connectivity index (χ0n) is 13.0. The van der Waals surface area contributed by atoms with Crippen LogP contribution >= 0.6 is 34.8 Å². The first-order valence-corrected chi connectivity index (χ1v) is 8.48. The summed E-state index contributed by atoms with van der Waals surface area (Å²) >= 11 is 18.5. The smallest absolute Gasteiger partial charge is 0.0483 e. The number of hydrogen-bond acceptors (Lipinski definition) is 1. The maximum absolute atomic E-state index is 6.26. The molecule has 1 N–H and O–H groups in total. The lowest BCUT2D eigenvalue weighted by Gasteiger charge is -2.18. The number of benzene rings is 2. The monoisotopic (exact) mass is 355 g/mol. The van der Waals surface area contributed by atoms with Crippen molar-refractivity contribution in [1.82, 2.24) is 5.32 Å². The highest BCUT2D eigenvalue weighted by molar-refractivity contribution is 6.39. The average molecular weight is 357 g/mol. The topological polar surface area (TPSA) is 12.0 Å². The van der Waals surface area contributed by atoms with Gasteiger partial charge in [0.2, 0.25) is 0 Å². The predicted octanol–water partition coefficient (Wildman–Crippen LogP) is 6.62. The normalized spacial score (nSPS) is 12.7. The van der Waals surface area contributed by atoms with Crippen LogP contribution in [-0.2, 0) is 6.54 Å². The minimum Gasteiger partial charge on any atom is -0.306 e. The molecule has 2 rings (SSSR count). The van der Waals surface area contributed by atoms with Crippen LogP contribution in [0.4, 0.5) is 0 Å². The Morgan fingerprint density at radius 2 is 1.45 bits per heavy atom. The molecule has 1 atom stereocenters. The van der Waals surface area contributed by atoms with Crippen molar-refractivity contribution in [3.8, 4) is 0 Å². The van der Waals surface area contributed by atoms with E-state index in [9.17, 15) is 0 Å². The highest BCUT2D eigenvalue weighted by Crippen LogP contribution is 2.33. The summed E-state index contributed by atoms with van der Waals surface area (Å²) in [5.74, 6) is 0.549. The van der Waals surface area contributed by atoms with Gasteiger partial charge in [-0.15, -0.1) is 0 Å². The predicted molar refractivity (Wildman–Crippen MR) is 97.3 cm³/mol. The van der Waals surface area contributed by atoms with Crippen molar-refractivity contribution in [1.29, 1.82) is 0 Å². The van der Waals surface area contributed by atoms with Gasteiger partial charge in [0.25, 0.3) is 0 Å². The SMILES string of the molecule is CC(C)c1ccc(CNC(C)c2c(Cl)cc(Cl)cc2Cl)cc1. The minimum absolute atomic E-state index is 0.0436. The van der Waals surface area contributed by atoms with Crippen molar-refractivity contribution >= 4 is 34.8 Å². The summed E-state index contributed by atoms with van der Waals surface area (Å²) in [6.45, 7) is 7.19. The molecule has 0 heterocycles. The number of rotatable bonds is 5. The number of halogens is 3. The van der Waals surface area contributed by atoms with Gasteiger partial charge in [-0.25, -0.2) is 0 Å². The van der Waals surface area contributed by atoms with E-state index in [0.717, 1.165) is 12.1 Å². The van der Waals surface area contributed by atoms with Gasteiger partial charge >= 0.3 is 0 Å². The summed E-state index contributed by atoms with van der Waals surface area (Å²) in [5, 5.41) is 5.19. The Hall–Kier alpha value is -0.730. The van der Waals surface area contributed by atoms with E-state index < -0.39 is 0 Å². The molecule has 0 saturated heterocycles. The van der Waals surface area contributed by atoms with Gasteiger partial charge in [-0.05, 0) is 36.1 Å². The summed E-state index contributed by atoms with van der Waals surface area (Å²) in [6, 6.07) is 12.1. The standard InChI is InChI=1S/C18H20Cl3N/c1-11(2)14-6-4-13(5-7-14)10-22-12(3)18-16(20)8-15(19)9-17(18)21/h4-9,11-12,22H,10H2,1-3H3. The third kappa shape index (κ3) is 4.39. The second kappa shape index (κ2) is 7.70. The second-order valence-electron chi connectivity index (χ2n) is 5.78. The third-order valence-corrected chi connectivity index (χ3v) is 4.58. The fraction of sp³-hybridized carbons (Fsp3) is 0.333. The highest BCUT2D eigenvalue weighted by Gasteiger charge is 2.14. The Labute approximate surface area is 147 Å². The van der Waals surface area contributed by atoms with Crippen molar-refractivity contribution in [2.45, 2.75) is 39.3 Å². The molecule has 1 nitrogen and oxygen atoms in total. The molecule has 0 radical (unpaired) electrons. The molecular formula is C18H20Cl3N. The molecule has 0 spiro atoms. The van der Waals surface area contributed by atoms with E-state index in [0.29, 0.717) is 21.0 Å². The first kappa shape index (κ1) is 17.6. The molecule has 0 fully saturated rings. The quantitative estimate of drug-likeness (QED) is 0.634. The van der Waals surface area contributed by atoms with Gasteiger partial charge in [0, 0.05) is 33.2 Å². The molecule has 1 unspecified atom stereocenters. The zero-order chi connectivity index (χ0) is 16.3. The van der Waals surface area contributed by atoms with Gasteiger partial charge in [-0.1, -0.05) is 72.9 Å². The van der Waals surface area contributed by atoms with Gasteiger partial charge < -0.3 is 5.32 Å². The second-order valence-corrected chi connectivity index (χ2v) is 7.03. The van der Waals surface area contributed by atoms with Gasteiger partial charge in [-0.2, -0.15) is 0 Å². The molecule has 0 bridgehead atoms. The summed E-state index contributed by atoms with van der Waals surface area (Å²) in [5.41, 5.74) is 3.46. The third-order valence-electron chi connectivity index (χ3n) is 3.74. The molecule has 0 saturated carbocycles. The lowest BCUT2D eigenvalue weighted by Crippen LogP contribution is -2.18. The molecule has 22 heavy (non-hydrogen) atoms. The molecule has 0 aliphatic heterocycles. The molecule has 2 aromatic rings. The van der Waals surface area contributed by atoms with Crippen molar-refractivity contribution < 1.29 is 0 Å². The molecule has 118 valence electrons. The van der Waals surface area contributed by atoms with E-state index in [4.69, 9.17) is 34.8 Å². The lowest BCUT2D eigenvalue weighted by molar-refractivity contribution is 0.575. The Bertz CT molecular complexity index is 612. The summed E-state index contributed by atoms with van der Waals surface area (Å²) in [4.78, 5) is 0. The fourth-order valence-electron chi connectivity index (χ4n) is 2.36. The van der Waals surface area contributed by atoms with Gasteiger partial charge in [0.15, 0.2) is 0 Å². The first-order valence-electron chi connectivity index (χ1n) is 7.35. The van der Waals surface area contributed by atoms with Gasteiger partial charge in [0.1, 0.15) is 0 Å². The molecule has 2 aromatic carbocycles. The summed E-state index contributed by atoms with van der Waals surface area (Å²) in [6.07, 6.45) is 0. The van der Waals surface area contributed by atoms with Crippen LogP contribution in [0.5, 0.6) is 0 Å². The molecular weight excluding hydrogens is 337 g/mol. The Morgan fingerprint density at radius 1 is 0.909 bits per heavy atom. The maximum atomic E-state index is 6.26.